The van der Waals surface area contributed by atoms with Crippen LogP contribution in [0.15, 0.2) is 0 Å². The van der Waals surface area contributed by atoms with Gasteiger partial charge in [-0.1, -0.05) is 0 Å². The second kappa shape index (κ2) is 55.7. The van der Waals surface area contributed by atoms with Crippen LogP contribution >= 0.6 is 0 Å². The van der Waals surface area contributed by atoms with Crippen molar-refractivity contribution < 1.29 is 14.7 Å². The van der Waals surface area contributed by atoms with E-state index in [1.807, 2.05) is 0 Å². The molecule has 0 aliphatic rings. The summed E-state index contributed by atoms with van der Waals surface area (Å²) >= 11 is 0. The maximum Gasteiger partial charge on any atom is 0.133 e. The van der Waals surface area contributed by atoms with Gasteiger partial charge in [-0.15, -0.1) is 0 Å². The molecule has 0 aromatic rings. The highest BCUT2D eigenvalue weighted by Crippen LogP contribution is 1.18. The van der Waals surface area contributed by atoms with Crippen LogP contribution in [0.1, 0.15) is 6.92 Å². The third-order valence-corrected chi connectivity index (χ3v) is 0.0962. The zero-order valence-corrected chi connectivity index (χ0v) is 5.70. The molecular weight excluding hydrogens is 122 g/mol. The minimum Gasteiger partial charge on any atom is -0.400 e. The van der Waals surface area contributed by atoms with Crippen molar-refractivity contribution in [3.63, 3.8) is 0 Å². The van der Waals surface area contributed by atoms with Gasteiger partial charge in [0.15, 0.2) is 0 Å². The van der Waals surface area contributed by atoms with Crippen LogP contribution in [0, 0.1) is 0 Å². The maximum atomic E-state index is 9.05. The van der Waals surface area contributed by atoms with E-state index in [1.165, 1.54) is 6.92 Å². The molecule has 0 aromatic carbocycles. The monoisotopic (exact) mass is 135 g/mol. The Morgan fingerprint density at radius 3 is 1.56 bits per heavy atom. The minimum atomic E-state index is 0.139. The molecule has 56 valence electrons. The average molecular weight is 135 g/mol. The highest BCUT2D eigenvalue weighted by molar-refractivity contribution is 5.51. The van der Waals surface area contributed by atoms with Gasteiger partial charge in [0.2, 0.25) is 0 Å². The van der Waals surface area contributed by atoms with E-state index in [4.69, 9.17) is 14.7 Å². The predicted octanol–water partition coefficient (Wildman–Crippen LogP) is -1.04. The fraction of sp³-hybridized carbons (Fsp3) is 0.600. The van der Waals surface area contributed by atoms with Crippen molar-refractivity contribution in [2.45, 2.75) is 6.92 Å². The summed E-state index contributed by atoms with van der Waals surface area (Å²) in [6, 6.07) is 0. The first-order valence-electron chi connectivity index (χ1n) is 2.31. The van der Waals surface area contributed by atoms with Crippen molar-refractivity contribution in [3.05, 3.63) is 0 Å². The van der Waals surface area contributed by atoms with E-state index in [0.717, 1.165) is 13.4 Å². The van der Waals surface area contributed by atoms with Crippen LogP contribution in [0.5, 0.6) is 0 Å². The predicted molar refractivity (Wildman–Crippen MR) is 35.0 cm³/mol. The van der Waals surface area contributed by atoms with E-state index in [9.17, 15) is 0 Å². The van der Waals surface area contributed by atoms with Crippen LogP contribution < -0.4 is 5.73 Å². The fourth-order valence-corrected chi connectivity index (χ4v) is 0. The van der Waals surface area contributed by atoms with Gasteiger partial charge in [-0.3, -0.25) is 0 Å². The Bertz CT molecular complexity index is 47.5. The van der Waals surface area contributed by atoms with Crippen molar-refractivity contribution >= 4 is 12.6 Å². The van der Waals surface area contributed by atoms with Crippen LogP contribution in [0.4, 0.5) is 0 Å². The molecule has 9 heavy (non-hydrogen) atoms. The third-order valence-electron chi connectivity index (χ3n) is 0.0962. The van der Waals surface area contributed by atoms with Crippen LogP contribution in [0.25, 0.3) is 0 Å². The van der Waals surface area contributed by atoms with Gasteiger partial charge in [0, 0.05) is 13.7 Å². The molecule has 0 rings (SSSR count). The Labute approximate surface area is 54.7 Å². The van der Waals surface area contributed by atoms with Crippen LogP contribution in [-0.4, -0.2) is 31.3 Å². The number of aliphatic hydroxyl groups is 1. The molecule has 0 amide bonds. The Hall–Kier alpha value is -0.740. The van der Waals surface area contributed by atoms with Gasteiger partial charge in [0.05, 0.1) is 0 Å². The number of aliphatic hydroxyl groups excluding tert-OH is 1. The lowest BCUT2D eigenvalue weighted by Crippen LogP contribution is -1.97. The summed E-state index contributed by atoms with van der Waals surface area (Å²) in [5.74, 6) is 0. The van der Waals surface area contributed by atoms with E-state index in [-0.39, 0.29) is 6.54 Å². The lowest BCUT2D eigenvalue weighted by molar-refractivity contribution is -0.107. The molecular formula is C5H13NO3. The first-order valence-corrected chi connectivity index (χ1v) is 2.31. The summed E-state index contributed by atoms with van der Waals surface area (Å²) in [5.41, 5.74) is 4.66. The zero-order valence-electron chi connectivity index (χ0n) is 5.70. The Morgan fingerprint density at radius 1 is 1.44 bits per heavy atom. The van der Waals surface area contributed by atoms with Crippen LogP contribution in [-0.2, 0) is 9.59 Å². The maximum absolute atomic E-state index is 9.05. The number of hydrogen-bond acceptors (Lipinski definition) is 4. The zero-order chi connectivity index (χ0) is 8.12. The van der Waals surface area contributed by atoms with Gasteiger partial charge in [-0.05, 0) is 6.92 Å². The number of nitrogens with two attached hydrogens (primary N) is 1. The summed E-state index contributed by atoms with van der Waals surface area (Å²) in [7, 11) is 1.00. The standard InChI is InChI=1S/C2H5NO.C2H4O.CH4O/c3-1-2-4;1-2-3;1-2/h2H,1,3H2;2H,1H3;2H,1H3. The number of carbonyl (C=O) groups excluding carboxylic acids is 2. The van der Waals surface area contributed by atoms with Crippen molar-refractivity contribution in [3.8, 4) is 0 Å². The van der Waals surface area contributed by atoms with E-state index < -0.39 is 0 Å². The fourth-order valence-electron chi connectivity index (χ4n) is 0. The first kappa shape index (κ1) is 15.7. The second-order valence-corrected chi connectivity index (χ2v) is 0.638. The summed E-state index contributed by atoms with van der Waals surface area (Å²) < 4.78 is 0. The highest BCUT2D eigenvalue weighted by Gasteiger charge is 1.51. The molecule has 3 N–H and O–H groups in total. The lowest BCUT2D eigenvalue weighted by atomic mass is 10.8. The van der Waals surface area contributed by atoms with Gasteiger partial charge in [0.1, 0.15) is 12.6 Å². The van der Waals surface area contributed by atoms with Crippen molar-refractivity contribution in [2.24, 2.45) is 5.73 Å². The van der Waals surface area contributed by atoms with E-state index in [2.05, 4.69) is 5.73 Å². The quantitative estimate of drug-likeness (QED) is 0.450. The molecule has 0 bridgehead atoms. The molecule has 4 nitrogen and oxygen atoms in total. The number of hydrogen-bond donors (Lipinski definition) is 2. The molecule has 4 heteroatoms. The van der Waals surface area contributed by atoms with Crippen LogP contribution in [0.2, 0.25) is 0 Å². The van der Waals surface area contributed by atoms with Gasteiger partial charge < -0.3 is 20.4 Å². The van der Waals surface area contributed by atoms with Gasteiger partial charge in [-0.2, -0.15) is 0 Å². The molecule has 0 fully saturated rings. The minimum absolute atomic E-state index is 0.139. The van der Waals surface area contributed by atoms with Crippen molar-refractivity contribution in [1.82, 2.24) is 0 Å². The van der Waals surface area contributed by atoms with Gasteiger partial charge in [0.25, 0.3) is 0 Å². The molecule has 0 aromatic heterocycles. The molecule has 0 saturated carbocycles. The first-order chi connectivity index (χ1) is 4.33. The Balaban J connectivity index is -0.0000000646. The van der Waals surface area contributed by atoms with Gasteiger partial charge in [-0.25, -0.2) is 0 Å². The number of aldehydes is 2. The normalized spacial score (nSPS) is 4.89. The van der Waals surface area contributed by atoms with E-state index in [0.29, 0.717) is 6.29 Å². The average Bonchev–Trinajstić information content (AvgIpc) is 1.94. The Kier molecular flexibility index (Phi) is 97.4. The Morgan fingerprint density at radius 2 is 1.56 bits per heavy atom. The molecule has 0 radical (unpaired) electrons. The van der Waals surface area contributed by atoms with E-state index >= 15 is 0 Å². The number of carbonyl (C=O) groups is 2. The summed E-state index contributed by atoms with van der Waals surface area (Å²) in [6.07, 6.45) is 1.40. The largest absolute Gasteiger partial charge is 0.400 e. The molecule has 0 unspecified atom stereocenters. The summed E-state index contributed by atoms with van der Waals surface area (Å²) in [4.78, 5) is 17.9. The number of rotatable bonds is 1. The molecule has 0 spiro atoms. The molecule has 0 saturated heterocycles. The second-order valence-electron chi connectivity index (χ2n) is 0.638. The topological polar surface area (TPSA) is 80.4 Å². The molecule has 0 aliphatic heterocycles. The summed E-state index contributed by atoms with van der Waals surface area (Å²) in [5, 5.41) is 7.00. The smallest absolute Gasteiger partial charge is 0.133 e. The van der Waals surface area contributed by atoms with E-state index in [1.54, 1.807) is 0 Å². The summed E-state index contributed by atoms with van der Waals surface area (Å²) in [6.45, 7) is 1.58. The molecule has 0 aliphatic carbocycles. The third kappa shape index (κ3) is 2970. The van der Waals surface area contributed by atoms with Crippen molar-refractivity contribution in [1.29, 1.82) is 0 Å². The molecule has 0 heterocycles. The SMILES string of the molecule is CC=O.CO.NCC=O. The van der Waals surface area contributed by atoms with Crippen LogP contribution in [0.3, 0.4) is 0 Å². The van der Waals surface area contributed by atoms with Gasteiger partial charge >= 0.3 is 0 Å². The van der Waals surface area contributed by atoms with Crippen molar-refractivity contribution in [2.75, 3.05) is 13.7 Å². The highest BCUT2D eigenvalue weighted by atomic mass is 16.2. The molecule has 0 atom stereocenters. The lowest BCUT2D eigenvalue weighted by Gasteiger charge is -1.55.